The molecule has 8 nitrogen and oxygen atoms in total. The third kappa shape index (κ3) is 5.22. The van der Waals surface area contributed by atoms with E-state index in [1.54, 1.807) is 18.2 Å². The summed E-state index contributed by atoms with van der Waals surface area (Å²) in [6.45, 7) is 2.07. The van der Waals surface area contributed by atoms with Crippen LogP contribution in [-0.4, -0.2) is 56.4 Å². The predicted octanol–water partition coefficient (Wildman–Crippen LogP) is 1.17. The Kier molecular flexibility index (Phi) is 6.86. The van der Waals surface area contributed by atoms with Crippen LogP contribution in [-0.2, 0) is 4.79 Å². The highest BCUT2D eigenvalue weighted by atomic mass is 35.5. The number of amides is 3. The number of fused-ring (bicyclic) bond motifs is 1. The molecule has 2 aliphatic rings. The lowest BCUT2D eigenvalue weighted by Crippen LogP contribution is -2.49. The monoisotopic (exact) mass is 370 g/mol. The van der Waals surface area contributed by atoms with Crippen LogP contribution in [0.3, 0.4) is 0 Å². The molecule has 0 spiro atoms. The quantitative estimate of drug-likeness (QED) is 0.737. The van der Waals surface area contributed by atoms with E-state index in [-0.39, 0.29) is 31.7 Å². The van der Waals surface area contributed by atoms with Crippen molar-refractivity contribution in [3.63, 3.8) is 0 Å². The Balaban J connectivity index is 0.00000225. The summed E-state index contributed by atoms with van der Waals surface area (Å²) in [6, 6.07) is 4.91. The molecule has 25 heavy (non-hydrogen) atoms. The van der Waals surface area contributed by atoms with Gasteiger partial charge in [-0.25, -0.2) is 4.79 Å². The van der Waals surface area contributed by atoms with Gasteiger partial charge in [-0.2, -0.15) is 0 Å². The summed E-state index contributed by atoms with van der Waals surface area (Å²) in [6.07, 6.45) is 2.15. The number of hydrogen-bond donors (Lipinski definition) is 3. The Morgan fingerprint density at radius 2 is 2.08 bits per heavy atom. The molecule has 1 saturated heterocycles. The maximum Gasteiger partial charge on any atom is 0.325 e. The number of likely N-dealkylation sites (N-methyl/N-ethyl adjacent to an activating group) is 1. The fourth-order valence-corrected chi connectivity index (χ4v) is 2.94. The van der Waals surface area contributed by atoms with Gasteiger partial charge in [0.05, 0.1) is 6.54 Å². The van der Waals surface area contributed by atoms with E-state index in [9.17, 15) is 9.59 Å². The lowest BCUT2D eigenvalue weighted by Gasteiger charge is -2.31. The Hall–Kier alpha value is -2.03. The van der Waals surface area contributed by atoms with Crippen LogP contribution in [0.2, 0.25) is 0 Å². The minimum Gasteiger partial charge on any atom is -0.454 e. The van der Waals surface area contributed by atoms with Crippen LogP contribution in [0.5, 0.6) is 11.5 Å². The normalized spacial score (nSPS) is 19.0. The molecule has 1 atom stereocenters. The summed E-state index contributed by atoms with van der Waals surface area (Å²) in [5.41, 5.74) is 0.540. The predicted molar refractivity (Wildman–Crippen MR) is 95.5 cm³/mol. The summed E-state index contributed by atoms with van der Waals surface area (Å²) in [4.78, 5) is 26.0. The van der Waals surface area contributed by atoms with Gasteiger partial charge < -0.3 is 20.1 Å². The minimum atomic E-state index is -0.555. The molecule has 1 aromatic carbocycles. The summed E-state index contributed by atoms with van der Waals surface area (Å²) < 4.78 is 10.5. The van der Waals surface area contributed by atoms with Gasteiger partial charge >= 0.3 is 6.03 Å². The molecule has 1 fully saturated rings. The zero-order chi connectivity index (χ0) is 16.9. The summed E-state index contributed by atoms with van der Waals surface area (Å²) in [5.74, 6) is 0.900. The van der Waals surface area contributed by atoms with Crippen molar-refractivity contribution in [2.75, 3.05) is 38.8 Å². The van der Waals surface area contributed by atoms with Crippen molar-refractivity contribution in [2.45, 2.75) is 18.9 Å². The second-order valence-electron chi connectivity index (χ2n) is 5.93. The molecule has 2 aliphatic heterocycles. The lowest BCUT2D eigenvalue weighted by atomic mass is 10.1. The number of nitrogens with zero attached hydrogens (tertiary/aromatic N) is 1. The number of carbonyl (C=O) groups excluding carboxylic acids is 2. The molecule has 0 aliphatic carbocycles. The van der Waals surface area contributed by atoms with Gasteiger partial charge in [0.15, 0.2) is 11.5 Å². The highest BCUT2D eigenvalue weighted by Crippen LogP contribution is 2.34. The Labute approximate surface area is 152 Å². The molecule has 3 rings (SSSR count). The Bertz CT molecular complexity index is 628. The molecule has 0 bridgehead atoms. The standard InChI is InChI=1S/C16H22N4O4.ClH/c1-17-12-3-2-6-20(8-12)9-15(21)19-16(22)18-11-4-5-13-14(7-11)24-10-23-13;/h4-5,7,12,17H,2-3,6,8-10H2,1H3,(H2,18,19,21,22);1H. The van der Waals surface area contributed by atoms with E-state index >= 15 is 0 Å². The molecule has 138 valence electrons. The van der Waals surface area contributed by atoms with Gasteiger partial charge in [-0.05, 0) is 38.6 Å². The van der Waals surface area contributed by atoms with Gasteiger partial charge in [0.1, 0.15) is 0 Å². The fourth-order valence-electron chi connectivity index (χ4n) is 2.94. The third-order valence-corrected chi connectivity index (χ3v) is 4.16. The summed E-state index contributed by atoms with van der Waals surface area (Å²) in [5, 5.41) is 8.20. The highest BCUT2D eigenvalue weighted by molar-refractivity contribution is 6.01. The SMILES string of the molecule is CNC1CCCN(CC(=O)NC(=O)Nc2ccc3c(c2)OCO3)C1.Cl. The van der Waals surface area contributed by atoms with Crippen molar-refractivity contribution in [1.82, 2.24) is 15.5 Å². The van der Waals surface area contributed by atoms with E-state index in [1.807, 2.05) is 11.9 Å². The molecule has 2 heterocycles. The van der Waals surface area contributed by atoms with Gasteiger partial charge in [0.25, 0.3) is 0 Å². The molecular formula is C16H23ClN4O4. The number of imide groups is 1. The molecule has 1 unspecified atom stereocenters. The zero-order valence-corrected chi connectivity index (χ0v) is 14.9. The summed E-state index contributed by atoms with van der Waals surface area (Å²) in [7, 11) is 1.92. The first-order valence-electron chi connectivity index (χ1n) is 8.04. The maximum atomic E-state index is 12.0. The number of nitrogens with one attached hydrogen (secondary N) is 3. The second kappa shape index (κ2) is 8.89. The number of ether oxygens (including phenoxy) is 2. The molecule has 9 heteroatoms. The van der Waals surface area contributed by atoms with E-state index in [0.29, 0.717) is 23.2 Å². The lowest BCUT2D eigenvalue weighted by molar-refractivity contribution is -0.121. The van der Waals surface area contributed by atoms with Crippen molar-refractivity contribution in [3.05, 3.63) is 18.2 Å². The minimum absolute atomic E-state index is 0. The van der Waals surface area contributed by atoms with Gasteiger partial charge in [-0.1, -0.05) is 0 Å². The van der Waals surface area contributed by atoms with E-state index in [0.717, 1.165) is 25.9 Å². The van der Waals surface area contributed by atoms with Crippen LogP contribution in [0.4, 0.5) is 10.5 Å². The first kappa shape index (κ1) is 19.3. The largest absolute Gasteiger partial charge is 0.454 e. The molecule has 3 N–H and O–H groups in total. The Morgan fingerprint density at radius 1 is 1.28 bits per heavy atom. The van der Waals surface area contributed by atoms with E-state index < -0.39 is 6.03 Å². The topological polar surface area (TPSA) is 91.9 Å². The van der Waals surface area contributed by atoms with Crippen molar-refractivity contribution in [2.24, 2.45) is 0 Å². The average molecular weight is 371 g/mol. The van der Waals surface area contributed by atoms with Gasteiger partial charge in [0, 0.05) is 24.3 Å². The van der Waals surface area contributed by atoms with Crippen molar-refractivity contribution < 1.29 is 19.1 Å². The third-order valence-electron chi connectivity index (χ3n) is 4.16. The van der Waals surface area contributed by atoms with Gasteiger partial charge in [-0.3, -0.25) is 15.0 Å². The van der Waals surface area contributed by atoms with E-state index in [1.165, 1.54) is 0 Å². The number of piperidine rings is 1. The Morgan fingerprint density at radius 3 is 2.88 bits per heavy atom. The molecule has 3 amide bonds. The highest BCUT2D eigenvalue weighted by Gasteiger charge is 2.21. The fraction of sp³-hybridized carbons (Fsp3) is 0.500. The second-order valence-corrected chi connectivity index (χ2v) is 5.93. The number of rotatable bonds is 4. The van der Waals surface area contributed by atoms with E-state index in [4.69, 9.17) is 9.47 Å². The van der Waals surface area contributed by atoms with Crippen molar-refractivity contribution in [1.29, 1.82) is 0 Å². The molecular weight excluding hydrogens is 348 g/mol. The number of benzene rings is 1. The number of hydrogen-bond acceptors (Lipinski definition) is 6. The first-order valence-corrected chi connectivity index (χ1v) is 8.04. The molecule has 0 saturated carbocycles. The smallest absolute Gasteiger partial charge is 0.325 e. The average Bonchev–Trinajstić information content (AvgIpc) is 3.02. The molecule has 0 aromatic heterocycles. The zero-order valence-electron chi connectivity index (χ0n) is 14.0. The number of urea groups is 1. The number of halogens is 1. The van der Waals surface area contributed by atoms with Crippen LogP contribution >= 0.6 is 12.4 Å². The van der Waals surface area contributed by atoms with Crippen molar-refractivity contribution in [3.8, 4) is 11.5 Å². The first-order chi connectivity index (χ1) is 11.6. The summed E-state index contributed by atoms with van der Waals surface area (Å²) >= 11 is 0. The molecule has 0 radical (unpaired) electrons. The number of anilines is 1. The van der Waals surface area contributed by atoms with E-state index in [2.05, 4.69) is 16.0 Å². The van der Waals surface area contributed by atoms with Crippen LogP contribution in [0, 0.1) is 0 Å². The van der Waals surface area contributed by atoms with Gasteiger partial charge in [-0.15, -0.1) is 12.4 Å². The molecule has 1 aromatic rings. The van der Waals surface area contributed by atoms with Crippen molar-refractivity contribution >= 4 is 30.0 Å². The van der Waals surface area contributed by atoms with Crippen LogP contribution in [0.1, 0.15) is 12.8 Å². The van der Waals surface area contributed by atoms with Crippen LogP contribution in [0.25, 0.3) is 0 Å². The number of carbonyl (C=O) groups is 2. The van der Waals surface area contributed by atoms with Crippen LogP contribution < -0.4 is 25.4 Å². The van der Waals surface area contributed by atoms with Gasteiger partial charge in [0.2, 0.25) is 12.7 Å². The van der Waals surface area contributed by atoms with Crippen LogP contribution in [0.15, 0.2) is 18.2 Å². The number of likely N-dealkylation sites (tertiary alicyclic amines) is 1. The maximum absolute atomic E-state index is 12.0.